The van der Waals surface area contributed by atoms with E-state index in [-0.39, 0.29) is 11.8 Å². The van der Waals surface area contributed by atoms with Gasteiger partial charge < -0.3 is 14.8 Å². The summed E-state index contributed by atoms with van der Waals surface area (Å²) in [6.45, 7) is 0.684. The van der Waals surface area contributed by atoms with Gasteiger partial charge >= 0.3 is 0 Å². The fourth-order valence-electron chi connectivity index (χ4n) is 4.27. The van der Waals surface area contributed by atoms with Gasteiger partial charge in [0.05, 0.1) is 14.2 Å². The van der Waals surface area contributed by atoms with Crippen molar-refractivity contribution in [2.45, 2.75) is 38.0 Å². The molecule has 0 radical (unpaired) electrons. The van der Waals surface area contributed by atoms with Crippen LogP contribution in [0, 0.1) is 5.92 Å². The highest BCUT2D eigenvalue weighted by Crippen LogP contribution is 2.48. The van der Waals surface area contributed by atoms with Crippen LogP contribution in [0.1, 0.15) is 49.1 Å². The molecule has 2 aliphatic carbocycles. The number of hydrogen-bond acceptors (Lipinski definition) is 3. The first-order valence-corrected chi connectivity index (χ1v) is 9.82. The molecule has 4 nitrogen and oxygen atoms in total. The van der Waals surface area contributed by atoms with Gasteiger partial charge in [-0.15, -0.1) is 0 Å². The summed E-state index contributed by atoms with van der Waals surface area (Å²) >= 11 is 0. The zero-order valence-electron chi connectivity index (χ0n) is 16.1. The molecule has 1 N–H and O–H groups in total. The van der Waals surface area contributed by atoms with Crippen molar-refractivity contribution in [3.05, 3.63) is 47.5 Å². The number of ether oxygens (including phenoxy) is 2. The van der Waals surface area contributed by atoms with Crippen LogP contribution in [0.5, 0.6) is 11.5 Å². The second kappa shape index (κ2) is 7.63. The minimum atomic E-state index is 0.189. The largest absolute Gasteiger partial charge is 0.497 e. The van der Waals surface area contributed by atoms with E-state index in [1.54, 1.807) is 14.2 Å². The van der Waals surface area contributed by atoms with E-state index in [0.29, 0.717) is 18.9 Å². The Labute approximate surface area is 160 Å². The molecule has 0 saturated heterocycles. The van der Waals surface area contributed by atoms with Crippen molar-refractivity contribution in [2.75, 3.05) is 20.8 Å². The molecular formula is C23H27NO3. The second-order valence-corrected chi connectivity index (χ2v) is 7.60. The quantitative estimate of drug-likeness (QED) is 0.785. The van der Waals surface area contributed by atoms with E-state index < -0.39 is 0 Å². The molecule has 4 heteroatoms. The van der Waals surface area contributed by atoms with Gasteiger partial charge in [-0.2, -0.15) is 0 Å². The van der Waals surface area contributed by atoms with Gasteiger partial charge in [0.15, 0.2) is 0 Å². The molecule has 0 atom stereocenters. The lowest BCUT2D eigenvalue weighted by molar-refractivity contribution is -0.122. The average molecular weight is 365 g/mol. The molecule has 1 amide bonds. The normalized spacial score (nSPS) is 15.6. The second-order valence-electron chi connectivity index (χ2n) is 7.60. The third-order valence-corrected chi connectivity index (χ3v) is 6.01. The summed E-state index contributed by atoms with van der Waals surface area (Å²) in [4.78, 5) is 12.2. The lowest BCUT2D eigenvalue weighted by atomic mass is 9.83. The van der Waals surface area contributed by atoms with Crippen LogP contribution in [0.4, 0.5) is 0 Å². The fraction of sp³-hybridized carbons (Fsp3) is 0.435. The number of hydrogen-bond donors (Lipinski definition) is 1. The molecule has 0 spiro atoms. The highest BCUT2D eigenvalue weighted by Gasteiger charge is 2.29. The first kappa shape index (κ1) is 17.9. The van der Waals surface area contributed by atoms with Gasteiger partial charge in [0, 0.05) is 18.9 Å². The Hall–Kier alpha value is -2.49. The fourth-order valence-corrected chi connectivity index (χ4v) is 4.27. The lowest BCUT2D eigenvalue weighted by Crippen LogP contribution is -2.29. The van der Waals surface area contributed by atoms with Crippen molar-refractivity contribution in [3.63, 3.8) is 0 Å². The minimum absolute atomic E-state index is 0.189. The molecule has 0 unspecified atom stereocenters. The van der Waals surface area contributed by atoms with Crippen molar-refractivity contribution in [3.8, 4) is 22.6 Å². The van der Waals surface area contributed by atoms with E-state index in [4.69, 9.17) is 9.47 Å². The predicted molar refractivity (Wildman–Crippen MR) is 106 cm³/mol. The summed E-state index contributed by atoms with van der Waals surface area (Å²) in [5.74, 6) is 2.77. The molecule has 2 aromatic rings. The lowest BCUT2D eigenvalue weighted by Gasteiger charge is -2.24. The standard InChI is InChI=1S/C23H27NO3/c1-26-16-6-8-18-19-9-7-17(27-2)14-22(19)20(21(18)13-16)10-11-24-23(25)12-15-4-3-5-15/h6-9,13-15,20H,3-5,10-12H2,1-2H3,(H,24,25). The Morgan fingerprint density at radius 3 is 2.07 bits per heavy atom. The molecule has 27 heavy (non-hydrogen) atoms. The first-order chi connectivity index (χ1) is 13.2. The van der Waals surface area contributed by atoms with Crippen molar-refractivity contribution < 1.29 is 14.3 Å². The summed E-state index contributed by atoms with van der Waals surface area (Å²) in [6.07, 6.45) is 5.24. The highest BCUT2D eigenvalue weighted by atomic mass is 16.5. The van der Waals surface area contributed by atoms with Gasteiger partial charge in [0.2, 0.25) is 5.91 Å². The van der Waals surface area contributed by atoms with E-state index >= 15 is 0 Å². The number of fused-ring (bicyclic) bond motifs is 3. The minimum Gasteiger partial charge on any atom is -0.497 e. The Morgan fingerprint density at radius 2 is 1.59 bits per heavy atom. The molecular weight excluding hydrogens is 338 g/mol. The SMILES string of the molecule is COc1ccc2c(c1)C(CCNC(=O)CC1CCC1)c1cc(OC)ccc1-2. The Balaban J connectivity index is 1.52. The molecule has 0 aliphatic heterocycles. The average Bonchev–Trinajstić information content (AvgIpc) is 2.97. The summed E-state index contributed by atoms with van der Waals surface area (Å²) in [5.41, 5.74) is 5.04. The third kappa shape index (κ3) is 3.53. The summed E-state index contributed by atoms with van der Waals surface area (Å²) < 4.78 is 10.9. The number of benzene rings is 2. The number of carbonyl (C=O) groups excluding carboxylic acids is 1. The summed E-state index contributed by atoms with van der Waals surface area (Å²) in [6, 6.07) is 12.5. The van der Waals surface area contributed by atoms with E-state index in [0.717, 1.165) is 17.9 Å². The van der Waals surface area contributed by atoms with Crippen molar-refractivity contribution >= 4 is 5.91 Å². The monoisotopic (exact) mass is 365 g/mol. The van der Waals surface area contributed by atoms with Crippen molar-refractivity contribution in [2.24, 2.45) is 5.92 Å². The zero-order chi connectivity index (χ0) is 18.8. The predicted octanol–water partition coefficient (Wildman–Crippen LogP) is 4.51. The molecule has 1 saturated carbocycles. The third-order valence-electron chi connectivity index (χ3n) is 6.01. The molecule has 2 aromatic carbocycles. The van der Waals surface area contributed by atoms with E-state index in [9.17, 15) is 4.79 Å². The smallest absolute Gasteiger partial charge is 0.220 e. The zero-order valence-corrected chi connectivity index (χ0v) is 16.1. The number of rotatable bonds is 7. The van der Waals surface area contributed by atoms with Gasteiger partial charge in [-0.05, 0) is 71.7 Å². The van der Waals surface area contributed by atoms with Crippen LogP contribution in [0.25, 0.3) is 11.1 Å². The van der Waals surface area contributed by atoms with E-state index in [1.807, 2.05) is 12.1 Å². The number of amides is 1. The summed E-state index contributed by atoms with van der Waals surface area (Å²) in [7, 11) is 3.39. The first-order valence-electron chi connectivity index (χ1n) is 9.82. The molecule has 4 rings (SSSR count). The maximum Gasteiger partial charge on any atom is 0.220 e. The van der Waals surface area contributed by atoms with Gasteiger partial charge in [-0.3, -0.25) is 4.79 Å². The Bertz CT molecular complexity index is 788. The molecule has 142 valence electrons. The Kier molecular flexibility index (Phi) is 5.06. The van der Waals surface area contributed by atoms with Crippen LogP contribution >= 0.6 is 0 Å². The van der Waals surface area contributed by atoms with Crippen LogP contribution < -0.4 is 14.8 Å². The van der Waals surface area contributed by atoms with Crippen molar-refractivity contribution in [1.82, 2.24) is 5.32 Å². The number of methoxy groups -OCH3 is 2. The van der Waals surface area contributed by atoms with E-state index in [1.165, 1.54) is 41.5 Å². The van der Waals surface area contributed by atoms with E-state index in [2.05, 4.69) is 29.6 Å². The molecule has 0 bridgehead atoms. The molecule has 0 heterocycles. The van der Waals surface area contributed by atoms with Gasteiger partial charge in [-0.25, -0.2) is 0 Å². The molecule has 1 fully saturated rings. The van der Waals surface area contributed by atoms with Gasteiger partial charge in [0.25, 0.3) is 0 Å². The van der Waals surface area contributed by atoms with Crippen LogP contribution in [0.2, 0.25) is 0 Å². The maximum atomic E-state index is 12.2. The van der Waals surface area contributed by atoms with Crippen LogP contribution in [0.3, 0.4) is 0 Å². The van der Waals surface area contributed by atoms with Crippen LogP contribution in [-0.4, -0.2) is 26.7 Å². The topological polar surface area (TPSA) is 47.6 Å². The van der Waals surface area contributed by atoms with Crippen LogP contribution in [-0.2, 0) is 4.79 Å². The highest BCUT2D eigenvalue weighted by molar-refractivity contribution is 5.80. The van der Waals surface area contributed by atoms with Gasteiger partial charge in [0.1, 0.15) is 11.5 Å². The van der Waals surface area contributed by atoms with Crippen molar-refractivity contribution in [1.29, 1.82) is 0 Å². The number of nitrogens with one attached hydrogen (secondary N) is 1. The molecule has 0 aromatic heterocycles. The summed E-state index contributed by atoms with van der Waals surface area (Å²) in [5, 5.41) is 3.13. The number of carbonyl (C=O) groups is 1. The van der Waals surface area contributed by atoms with Crippen LogP contribution in [0.15, 0.2) is 36.4 Å². The molecule has 2 aliphatic rings. The van der Waals surface area contributed by atoms with Gasteiger partial charge in [-0.1, -0.05) is 18.6 Å². The Morgan fingerprint density at radius 1 is 1.00 bits per heavy atom. The maximum absolute atomic E-state index is 12.2.